The van der Waals surface area contributed by atoms with Crippen molar-refractivity contribution in [2.45, 2.75) is 6.43 Å². The third kappa shape index (κ3) is 5.66. The molecule has 4 rings (SSSR count). The first-order chi connectivity index (χ1) is 17.2. The molecule has 0 atom stereocenters. The molecule has 2 heterocycles. The van der Waals surface area contributed by atoms with Crippen LogP contribution in [0, 0.1) is 11.6 Å². The number of aromatic nitrogens is 4. The Morgan fingerprint density at radius 2 is 1.89 bits per heavy atom. The molecule has 0 bridgehead atoms. The second-order valence-electron chi connectivity index (χ2n) is 7.57. The number of hydrogen-bond donors (Lipinski definition) is 3. The van der Waals surface area contributed by atoms with Crippen molar-refractivity contribution >= 4 is 34.7 Å². The van der Waals surface area contributed by atoms with Gasteiger partial charge in [0.1, 0.15) is 17.5 Å². The molecular weight excluding hydrogens is 478 g/mol. The van der Waals surface area contributed by atoms with Crippen LogP contribution in [0.2, 0.25) is 0 Å². The fourth-order valence-electron chi connectivity index (χ4n) is 3.28. The number of rotatable bonds is 8. The maximum Gasteiger partial charge on any atom is 0.263 e. The molecule has 0 aliphatic heterocycles. The first-order valence-corrected chi connectivity index (χ1v) is 10.4. The predicted molar refractivity (Wildman–Crippen MR) is 127 cm³/mol. The van der Waals surface area contributed by atoms with Crippen LogP contribution in [0.15, 0.2) is 67.6 Å². The molecule has 4 aromatic rings. The van der Waals surface area contributed by atoms with Crippen LogP contribution in [0.4, 0.5) is 46.4 Å². The number of carbonyl (C=O) groups is 1. The molecule has 0 radical (unpaired) electrons. The smallest absolute Gasteiger partial charge is 0.263 e. The summed E-state index contributed by atoms with van der Waals surface area (Å²) >= 11 is 0. The van der Waals surface area contributed by atoms with Crippen molar-refractivity contribution in [1.82, 2.24) is 19.7 Å². The topological polar surface area (TPSA) is 96.8 Å². The molecule has 0 saturated carbocycles. The number of anilines is 5. The quantitative estimate of drug-likeness (QED) is 0.213. The van der Waals surface area contributed by atoms with E-state index in [0.29, 0.717) is 5.69 Å². The SMILES string of the molecule is C=CC(=O)Nc1ccc(F)c(Nc2nc(Nc3cnn(C)c3)ncc2-c2cc(F)cc(C(F)F)c2)c1. The number of aryl methyl sites for hydroxylation is 1. The second-order valence-corrected chi connectivity index (χ2v) is 7.57. The van der Waals surface area contributed by atoms with Gasteiger partial charge in [-0.3, -0.25) is 9.48 Å². The lowest BCUT2D eigenvalue weighted by Gasteiger charge is -2.15. The van der Waals surface area contributed by atoms with Gasteiger partial charge in [0.15, 0.2) is 0 Å². The van der Waals surface area contributed by atoms with Crippen molar-refractivity contribution < 1.29 is 22.4 Å². The summed E-state index contributed by atoms with van der Waals surface area (Å²) in [6.07, 6.45) is 2.62. The zero-order chi connectivity index (χ0) is 25.8. The molecule has 3 N–H and O–H groups in total. The number of nitrogens with zero attached hydrogens (tertiary/aromatic N) is 4. The van der Waals surface area contributed by atoms with Gasteiger partial charge in [0.05, 0.1) is 17.6 Å². The van der Waals surface area contributed by atoms with Gasteiger partial charge in [-0.1, -0.05) is 6.58 Å². The summed E-state index contributed by atoms with van der Waals surface area (Å²) in [5, 5.41) is 12.3. The summed E-state index contributed by atoms with van der Waals surface area (Å²) in [6.45, 7) is 3.37. The van der Waals surface area contributed by atoms with Crippen LogP contribution in [0.5, 0.6) is 0 Å². The van der Waals surface area contributed by atoms with Crippen molar-refractivity contribution in [2.75, 3.05) is 16.0 Å². The van der Waals surface area contributed by atoms with Gasteiger partial charge >= 0.3 is 0 Å². The van der Waals surface area contributed by atoms with E-state index < -0.39 is 29.5 Å². The largest absolute Gasteiger partial charge is 0.337 e. The standard InChI is InChI=1S/C24H19F4N7O/c1-3-21(36)31-16-4-5-19(26)20(9-16)33-23-18(13-6-14(22(27)28)8-15(25)7-13)11-29-24(34-23)32-17-10-30-35(2)12-17/h3-12,22H,1H2,2H3,(H,31,36)(H2,29,32,33,34). The van der Waals surface area contributed by atoms with Gasteiger partial charge in [-0.25, -0.2) is 22.5 Å². The lowest BCUT2D eigenvalue weighted by molar-refractivity contribution is -0.111. The Bertz CT molecular complexity index is 1440. The Labute approximate surface area is 202 Å². The summed E-state index contributed by atoms with van der Waals surface area (Å²) in [5.74, 6) is -2.00. The zero-order valence-electron chi connectivity index (χ0n) is 18.8. The molecule has 36 heavy (non-hydrogen) atoms. The molecule has 12 heteroatoms. The van der Waals surface area contributed by atoms with E-state index in [1.54, 1.807) is 17.9 Å². The fraction of sp³-hybridized carbons (Fsp3) is 0.0833. The number of amides is 1. The van der Waals surface area contributed by atoms with Crippen molar-refractivity contribution in [3.05, 3.63) is 84.8 Å². The molecular formula is C24H19F4N7O. The van der Waals surface area contributed by atoms with Gasteiger partial charge < -0.3 is 16.0 Å². The number of carbonyl (C=O) groups excluding carboxylic acids is 1. The molecule has 1 amide bonds. The van der Waals surface area contributed by atoms with E-state index in [1.165, 1.54) is 24.5 Å². The lowest BCUT2D eigenvalue weighted by atomic mass is 10.0. The normalized spacial score (nSPS) is 10.8. The summed E-state index contributed by atoms with van der Waals surface area (Å²) in [7, 11) is 1.72. The van der Waals surface area contributed by atoms with Gasteiger partial charge in [0.2, 0.25) is 11.9 Å². The first-order valence-electron chi connectivity index (χ1n) is 10.4. The van der Waals surface area contributed by atoms with Gasteiger partial charge in [-0.2, -0.15) is 10.1 Å². The summed E-state index contributed by atoms with van der Waals surface area (Å²) < 4.78 is 57.0. The molecule has 2 aromatic carbocycles. The number of benzene rings is 2. The Morgan fingerprint density at radius 1 is 1.08 bits per heavy atom. The van der Waals surface area contributed by atoms with Crippen LogP contribution in [0.3, 0.4) is 0 Å². The van der Waals surface area contributed by atoms with E-state index in [1.807, 2.05) is 0 Å². The highest BCUT2D eigenvalue weighted by atomic mass is 19.3. The minimum atomic E-state index is -2.91. The van der Waals surface area contributed by atoms with Crippen molar-refractivity contribution in [2.24, 2.45) is 7.05 Å². The van der Waals surface area contributed by atoms with Crippen LogP contribution >= 0.6 is 0 Å². The molecule has 0 aliphatic carbocycles. The highest BCUT2D eigenvalue weighted by molar-refractivity contribution is 5.99. The first kappa shape index (κ1) is 24.4. The monoisotopic (exact) mass is 497 g/mol. The van der Waals surface area contributed by atoms with Crippen LogP contribution in [-0.4, -0.2) is 25.7 Å². The Kier molecular flexibility index (Phi) is 6.95. The van der Waals surface area contributed by atoms with Crippen LogP contribution in [0.25, 0.3) is 11.1 Å². The zero-order valence-corrected chi connectivity index (χ0v) is 18.8. The molecule has 0 spiro atoms. The molecule has 0 saturated heterocycles. The van der Waals surface area contributed by atoms with Crippen LogP contribution in [-0.2, 0) is 11.8 Å². The maximum absolute atomic E-state index is 14.7. The van der Waals surface area contributed by atoms with E-state index >= 15 is 0 Å². The Hall–Kier alpha value is -4.74. The van der Waals surface area contributed by atoms with Gasteiger partial charge in [0.25, 0.3) is 6.43 Å². The van der Waals surface area contributed by atoms with Crippen molar-refractivity contribution in [3.63, 3.8) is 0 Å². The fourth-order valence-corrected chi connectivity index (χ4v) is 3.28. The lowest BCUT2D eigenvalue weighted by Crippen LogP contribution is -2.08. The van der Waals surface area contributed by atoms with Crippen molar-refractivity contribution in [1.29, 1.82) is 0 Å². The van der Waals surface area contributed by atoms with Gasteiger partial charge in [0, 0.05) is 36.3 Å². The van der Waals surface area contributed by atoms with E-state index in [2.05, 4.69) is 37.6 Å². The molecule has 184 valence electrons. The third-order valence-electron chi connectivity index (χ3n) is 4.91. The van der Waals surface area contributed by atoms with Crippen LogP contribution in [0.1, 0.15) is 12.0 Å². The Morgan fingerprint density at radius 3 is 2.58 bits per heavy atom. The van der Waals surface area contributed by atoms with E-state index in [4.69, 9.17) is 0 Å². The van der Waals surface area contributed by atoms with Crippen molar-refractivity contribution in [3.8, 4) is 11.1 Å². The number of nitrogens with one attached hydrogen (secondary N) is 3. The molecule has 2 aromatic heterocycles. The van der Waals surface area contributed by atoms with E-state index in [0.717, 1.165) is 30.3 Å². The average molecular weight is 497 g/mol. The Balaban J connectivity index is 1.78. The summed E-state index contributed by atoms with van der Waals surface area (Å²) in [6, 6.07) is 6.65. The number of halogens is 4. The molecule has 8 nitrogen and oxygen atoms in total. The number of alkyl halides is 2. The molecule has 0 fully saturated rings. The average Bonchev–Trinajstić information content (AvgIpc) is 3.25. The summed E-state index contributed by atoms with van der Waals surface area (Å²) in [5.41, 5.74) is 0.384. The highest BCUT2D eigenvalue weighted by Crippen LogP contribution is 2.34. The second kappa shape index (κ2) is 10.3. The third-order valence-corrected chi connectivity index (χ3v) is 4.91. The summed E-state index contributed by atoms with van der Waals surface area (Å²) in [4.78, 5) is 20.2. The molecule has 0 aliphatic rings. The minimum Gasteiger partial charge on any atom is -0.337 e. The molecule has 0 unspecified atom stereocenters. The predicted octanol–water partition coefficient (Wildman–Crippen LogP) is 5.70. The van der Waals surface area contributed by atoms with Gasteiger partial charge in [-0.05, 0) is 48.0 Å². The maximum atomic E-state index is 14.7. The van der Waals surface area contributed by atoms with E-state index in [-0.39, 0.29) is 34.3 Å². The van der Waals surface area contributed by atoms with Crippen LogP contribution < -0.4 is 16.0 Å². The number of hydrogen-bond acceptors (Lipinski definition) is 6. The highest BCUT2D eigenvalue weighted by Gasteiger charge is 2.17. The minimum absolute atomic E-state index is 0.00620. The van der Waals surface area contributed by atoms with E-state index in [9.17, 15) is 22.4 Å². The van der Waals surface area contributed by atoms with Gasteiger partial charge in [-0.15, -0.1) is 0 Å².